The van der Waals surface area contributed by atoms with Crippen molar-refractivity contribution >= 4 is 29.7 Å². The highest BCUT2D eigenvalue weighted by atomic mass is 16.5. The van der Waals surface area contributed by atoms with Crippen molar-refractivity contribution in [3.63, 3.8) is 0 Å². The fraction of sp³-hybridized carbons (Fsp3) is 0.261. The quantitative estimate of drug-likeness (QED) is 0.547. The largest absolute Gasteiger partial charge is 0.452 e. The second-order valence-electron chi connectivity index (χ2n) is 8.27. The van der Waals surface area contributed by atoms with Crippen LogP contribution in [-0.4, -0.2) is 46.8 Å². The molecular weight excluding hydrogens is 414 g/mol. The number of carbonyl (C=O) groups excluding carboxylic acids is 5. The molecule has 32 heavy (non-hydrogen) atoms. The van der Waals surface area contributed by atoms with Crippen LogP contribution in [0, 0.1) is 0 Å². The van der Waals surface area contributed by atoms with Gasteiger partial charge in [-0.25, -0.2) is 9.59 Å². The summed E-state index contributed by atoms with van der Waals surface area (Å²) in [4.78, 5) is 62.3. The lowest BCUT2D eigenvalue weighted by Crippen LogP contribution is -2.49. The summed E-state index contributed by atoms with van der Waals surface area (Å²) < 4.78 is 4.92. The number of nitrogens with zero attached hydrogens (tertiary/aromatic N) is 1. The topological polar surface area (TPSA) is 122 Å². The average molecular weight is 437 g/mol. The van der Waals surface area contributed by atoms with E-state index in [9.17, 15) is 24.0 Å². The molecule has 0 fully saturated rings. The van der Waals surface area contributed by atoms with Crippen molar-refractivity contribution in [1.82, 2.24) is 15.5 Å². The highest BCUT2D eigenvalue weighted by molar-refractivity contribution is 6.21. The molecule has 2 aromatic rings. The zero-order valence-corrected chi connectivity index (χ0v) is 17.9. The van der Waals surface area contributed by atoms with Crippen molar-refractivity contribution < 1.29 is 28.7 Å². The fourth-order valence-corrected chi connectivity index (χ4v) is 3.08. The van der Waals surface area contributed by atoms with E-state index in [0.29, 0.717) is 0 Å². The van der Waals surface area contributed by atoms with Gasteiger partial charge in [0.15, 0.2) is 6.61 Å². The minimum Gasteiger partial charge on any atom is -0.452 e. The zero-order valence-electron chi connectivity index (χ0n) is 17.9. The van der Waals surface area contributed by atoms with Gasteiger partial charge in [-0.2, -0.15) is 0 Å². The fourth-order valence-electron chi connectivity index (χ4n) is 3.08. The highest BCUT2D eigenvalue weighted by Gasteiger charge is 2.36. The Labute approximate surface area is 184 Å². The van der Waals surface area contributed by atoms with E-state index in [-0.39, 0.29) is 23.2 Å². The van der Waals surface area contributed by atoms with E-state index in [2.05, 4.69) is 10.6 Å². The molecule has 9 heteroatoms. The van der Waals surface area contributed by atoms with Crippen molar-refractivity contribution in [2.75, 3.05) is 6.61 Å². The predicted octanol–water partition coefficient (Wildman–Crippen LogP) is 2.26. The number of hydrogen-bond donors (Lipinski definition) is 2. The maximum atomic E-state index is 12.7. The monoisotopic (exact) mass is 437 g/mol. The van der Waals surface area contributed by atoms with Crippen molar-refractivity contribution in [2.45, 2.75) is 32.9 Å². The van der Waals surface area contributed by atoms with Gasteiger partial charge in [-0.1, -0.05) is 30.3 Å². The van der Waals surface area contributed by atoms with Crippen LogP contribution in [0.4, 0.5) is 4.79 Å². The van der Waals surface area contributed by atoms with Crippen LogP contribution >= 0.6 is 0 Å². The molecule has 0 saturated heterocycles. The summed E-state index contributed by atoms with van der Waals surface area (Å²) in [6.45, 7) is 4.68. The molecule has 0 atom stereocenters. The normalized spacial score (nSPS) is 12.9. The minimum atomic E-state index is -0.860. The van der Waals surface area contributed by atoms with E-state index < -0.39 is 41.9 Å². The molecule has 9 nitrogen and oxygen atoms in total. The molecule has 0 bridgehead atoms. The van der Waals surface area contributed by atoms with Crippen LogP contribution in [0.2, 0.25) is 0 Å². The first-order valence-electron chi connectivity index (χ1n) is 9.88. The minimum absolute atomic E-state index is 0.0124. The van der Waals surface area contributed by atoms with E-state index in [1.807, 2.05) is 18.2 Å². The van der Waals surface area contributed by atoms with E-state index in [0.717, 1.165) is 10.5 Å². The number of hydrogen-bond acceptors (Lipinski definition) is 6. The van der Waals surface area contributed by atoms with Crippen LogP contribution < -0.4 is 10.6 Å². The van der Waals surface area contributed by atoms with Crippen LogP contribution in [0.25, 0.3) is 0 Å². The van der Waals surface area contributed by atoms with Gasteiger partial charge in [0.05, 0.1) is 23.2 Å². The Kier molecular flexibility index (Phi) is 6.38. The summed E-state index contributed by atoms with van der Waals surface area (Å²) >= 11 is 0. The molecule has 1 aliphatic heterocycles. The lowest BCUT2D eigenvalue weighted by atomic mass is 10.1. The van der Waals surface area contributed by atoms with Gasteiger partial charge in [-0.05, 0) is 44.5 Å². The molecule has 0 aromatic heterocycles. The summed E-state index contributed by atoms with van der Waals surface area (Å²) in [5.41, 5.74) is 0.555. The molecule has 0 aliphatic carbocycles. The van der Waals surface area contributed by atoms with Crippen molar-refractivity contribution in [2.24, 2.45) is 0 Å². The summed E-state index contributed by atoms with van der Waals surface area (Å²) in [5.74, 6) is -2.62. The molecule has 1 aliphatic rings. The zero-order chi connectivity index (χ0) is 23.5. The molecule has 3 rings (SSSR count). The molecule has 0 saturated carbocycles. The van der Waals surface area contributed by atoms with Crippen molar-refractivity contribution in [3.05, 3.63) is 70.8 Å². The molecular formula is C23H23N3O6. The number of esters is 1. The van der Waals surface area contributed by atoms with Gasteiger partial charge in [0.2, 0.25) is 0 Å². The lowest BCUT2D eigenvalue weighted by molar-refractivity contribution is -0.123. The number of carbonyl (C=O) groups is 5. The Bertz CT molecular complexity index is 1090. The second-order valence-corrected chi connectivity index (χ2v) is 8.27. The second kappa shape index (κ2) is 9.01. The first-order chi connectivity index (χ1) is 15.0. The third-order valence-corrected chi connectivity index (χ3v) is 4.47. The molecule has 1 heterocycles. The van der Waals surface area contributed by atoms with Gasteiger partial charge in [0.25, 0.3) is 17.7 Å². The van der Waals surface area contributed by atoms with E-state index in [1.165, 1.54) is 18.2 Å². The predicted molar refractivity (Wildman–Crippen MR) is 114 cm³/mol. The van der Waals surface area contributed by atoms with Crippen LogP contribution in [0.1, 0.15) is 57.4 Å². The third-order valence-electron chi connectivity index (χ3n) is 4.47. The third kappa shape index (κ3) is 5.37. The van der Waals surface area contributed by atoms with E-state index in [1.54, 1.807) is 32.9 Å². The first kappa shape index (κ1) is 22.7. The Hall–Kier alpha value is -4.01. The van der Waals surface area contributed by atoms with Gasteiger partial charge in [0.1, 0.15) is 0 Å². The average Bonchev–Trinajstić information content (AvgIpc) is 2.95. The molecule has 0 unspecified atom stereocenters. The molecule has 2 aromatic carbocycles. The van der Waals surface area contributed by atoms with E-state index in [4.69, 9.17) is 4.74 Å². The number of nitrogens with one attached hydrogen (secondary N) is 2. The smallest absolute Gasteiger partial charge is 0.338 e. The van der Waals surface area contributed by atoms with Gasteiger partial charge in [-0.3, -0.25) is 24.6 Å². The summed E-state index contributed by atoms with van der Waals surface area (Å²) in [6.07, 6.45) is 0. The van der Waals surface area contributed by atoms with Crippen molar-refractivity contribution in [3.8, 4) is 0 Å². The number of rotatable bonds is 5. The SMILES string of the molecule is CC(C)(C)NC(=O)NC(=O)COC(=O)c1ccc2c(c1)C(=O)N(Cc1ccccc1)C2=O. The Morgan fingerprint density at radius 2 is 1.59 bits per heavy atom. The van der Waals surface area contributed by atoms with Crippen LogP contribution in [0.5, 0.6) is 0 Å². The number of ether oxygens (including phenoxy) is 1. The van der Waals surface area contributed by atoms with Gasteiger partial charge < -0.3 is 10.1 Å². The molecule has 2 N–H and O–H groups in total. The van der Waals surface area contributed by atoms with Gasteiger partial charge in [-0.15, -0.1) is 0 Å². The van der Waals surface area contributed by atoms with Gasteiger partial charge in [0, 0.05) is 5.54 Å². The first-order valence-corrected chi connectivity index (χ1v) is 9.88. The summed E-state index contributed by atoms with van der Waals surface area (Å²) in [5, 5.41) is 4.60. The van der Waals surface area contributed by atoms with Gasteiger partial charge >= 0.3 is 12.0 Å². The Morgan fingerprint density at radius 1 is 0.938 bits per heavy atom. The summed E-state index contributed by atoms with van der Waals surface area (Å²) in [7, 11) is 0. The number of amides is 5. The Balaban J connectivity index is 1.62. The van der Waals surface area contributed by atoms with E-state index >= 15 is 0 Å². The molecule has 0 radical (unpaired) electrons. The van der Waals surface area contributed by atoms with Crippen LogP contribution in [0.3, 0.4) is 0 Å². The lowest BCUT2D eigenvalue weighted by Gasteiger charge is -2.20. The number of benzene rings is 2. The van der Waals surface area contributed by atoms with Crippen LogP contribution in [-0.2, 0) is 16.1 Å². The molecule has 5 amide bonds. The standard InChI is InChI=1S/C23H23N3O6/c1-23(2,3)25-22(31)24-18(27)13-32-21(30)15-9-10-16-17(11-15)20(29)26(19(16)28)12-14-7-5-4-6-8-14/h4-11H,12-13H2,1-3H3,(H2,24,25,27,31). The van der Waals surface area contributed by atoms with Crippen LogP contribution in [0.15, 0.2) is 48.5 Å². The van der Waals surface area contributed by atoms with Crippen molar-refractivity contribution in [1.29, 1.82) is 0 Å². The highest BCUT2D eigenvalue weighted by Crippen LogP contribution is 2.26. The Morgan fingerprint density at radius 3 is 2.25 bits per heavy atom. The maximum absolute atomic E-state index is 12.7. The summed E-state index contributed by atoms with van der Waals surface area (Å²) in [6, 6.07) is 12.4. The molecule has 0 spiro atoms. The number of imide groups is 2. The number of fused-ring (bicyclic) bond motifs is 1. The maximum Gasteiger partial charge on any atom is 0.338 e. The molecule has 166 valence electrons. The number of urea groups is 1.